The number of hydrogen-bond donors (Lipinski definition) is 2. The highest BCUT2D eigenvalue weighted by atomic mass is 35.5. The number of likely N-dealkylation sites (tertiary alicyclic amines) is 2. The van der Waals surface area contributed by atoms with E-state index in [4.69, 9.17) is 17.3 Å². The van der Waals surface area contributed by atoms with Crippen LogP contribution in [0.15, 0.2) is 28.5 Å². The molecule has 12 heteroatoms. The van der Waals surface area contributed by atoms with E-state index in [1.54, 1.807) is 24.3 Å². The fourth-order valence-electron chi connectivity index (χ4n) is 4.18. The van der Waals surface area contributed by atoms with Crippen molar-refractivity contribution in [2.24, 2.45) is 5.73 Å². The molecule has 0 saturated carbocycles. The summed E-state index contributed by atoms with van der Waals surface area (Å²) in [6.07, 6.45) is 2.08. The lowest BCUT2D eigenvalue weighted by Crippen LogP contribution is -2.55. The smallest absolute Gasteiger partial charge is 0.250 e. The van der Waals surface area contributed by atoms with Crippen molar-refractivity contribution in [1.82, 2.24) is 14.5 Å². The predicted octanol–water partition coefficient (Wildman–Crippen LogP) is 1.30. The van der Waals surface area contributed by atoms with E-state index in [-0.39, 0.29) is 16.7 Å². The maximum Gasteiger partial charge on any atom is 0.250 e. The Morgan fingerprint density at radius 3 is 2.69 bits per heavy atom. The number of fused-ring (bicyclic) bond motifs is 1. The van der Waals surface area contributed by atoms with Gasteiger partial charge in [0.05, 0.1) is 6.54 Å². The van der Waals surface area contributed by atoms with Gasteiger partial charge in [-0.05, 0) is 49.3 Å². The van der Waals surface area contributed by atoms with Gasteiger partial charge in [0.1, 0.15) is 16.3 Å². The van der Waals surface area contributed by atoms with Crippen molar-refractivity contribution in [2.45, 2.75) is 42.0 Å². The van der Waals surface area contributed by atoms with Crippen molar-refractivity contribution >= 4 is 60.8 Å². The lowest BCUT2D eigenvalue weighted by Gasteiger charge is -2.33. The maximum absolute atomic E-state index is 12.9. The molecule has 0 spiro atoms. The lowest BCUT2D eigenvalue weighted by molar-refractivity contribution is -0.144. The van der Waals surface area contributed by atoms with E-state index in [1.807, 2.05) is 0 Å². The quantitative estimate of drug-likeness (QED) is 0.620. The third-order valence-electron chi connectivity index (χ3n) is 5.78. The second kappa shape index (κ2) is 8.97. The Morgan fingerprint density at radius 2 is 1.94 bits per heavy atom. The zero-order valence-corrected chi connectivity index (χ0v) is 19.5. The van der Waals surface area contributed by atoms with Gasteiger partial charge in [-0.3, -0.25) is 14.4 Å². The predicted molar refractivity (Wildman–Crippen MR) is 121 cm³/mol. The number of nitrogens with zero attached hydrogens (tertiary/aromatic N) is 2. The van der Waals surface area contributed by atoms with Gasteiger partial charge in [0.25, 0.3) is 10.0 Å². The van der Waals surface area contributed by atoms with Crippen molar-refractivity contribution in [3.05, 3.63) is 29.3 Å². The number of carbonyl (C=O) groups excluding carboxylic acids is 3. The Labute approximate surface area is 194 Å². The molecule has 172 valence electrons. The van der Waals surface area contributed by atoms with Gasteiger partial charge in [-0.15, -0.1) is 11.3 Å². The first kappa shape index (κ1) is 23.0. The molecule has 0 aliphatic carbocycles. The normalized spacial score (nSPS) is 22.0. The monoisotopic (exact) mass is 498 g/mol. The molecule has 4 rings (SSSR count). The summed E-state index contributed by atoms with van der Waals surface area (Å²) in [7, 11) is -3.93. The molecule has 2 aliphatic rings. The largest absolute Gasteiger partial charge is 0.368 e. The van der Waals surface area contributed by atoms with Crippen LogP contribution in [0.3, 0.4) is 0 Å². The summed E-state index contributed by atoms with van der Waals surface area (Å²) < 4.78 is 29.2. The highest BCUT2D eigenvalue weighted by Crippen LogP contribution is 2.31. The second-order valence-corrected chi connectivity index (χ2v) is 11.4. The molecule has 2 fully saturated rings. The number of nitrogens with one attached hydrogen (secondary N) is 1. The number of benzene rings is 1. The van der Waals surface area contributed by atoms with Gasteiger partial charge in [0.15, 0.2) is 0 Å². The summed E-state index contributed by atoms with van der Waals surface area (Å²) in [4.78, 5) is 40.0. The van der Waals surface area contributed by atoms with E-state index < -0.39 is 33.9 Å². The number of halogens is 1. The number of piperidine rings is 1. The van der Waals surface area contributed by atoms with Crippen molar-refractivity contribution in [2.75, 3.05) is 19.6 Å². The molecule has 1 aromatic heterocycles. The van der Waals surface area contributed by atoms with Crippen LogP contribution in [0, 0.1) is 0 Å². The number of thiophene rings is 1. The van der Waals surface area contributed by atoms with E-state index in [0.29, 0.717) is 43.8 Å². The fraction of sp³-hybridized carbons (Fsp3) is 0.450. The Balaban J connectivity index is 1.45. The molecule has 32 heavy (non-hydrogen) atoms. The minimum absolute atomic E-state index is 0.0946. The van der Waals surface area contributed by atoms with Crippen LogP contribution in [-0.4, -0.2) is 67.7 Å². The summed E-state index contributed by atoms with van der Waals surface area (Å²) in [6, 6.07) is 5.05. The molecule has 9 nitrogen and oxygen atoms in total. The van der Waals surface area contributed by atoms with Gasteiger partial charge >= 0.3 is 0 Å². The maximum atomic E-state index is 12.9. The zero-order valence-electron chi connectivity index (χ0n) is 17.1. The van der Waals surface area contributed by atoms with Crippen molar-refractivity contribution in [1.29, 1.82) is 0 Å². The molecule has 3 amide bonds. The first-order chi connectivity index (χ1) is 15.2. The Hall–Kier alpha value is -2.21. The third kappa shape index (κ3) is 4.61. The van der Waals surface area contributed by atoms with Gasteiger partial charge in [0, 0.05) is 22.8 Å². The molecule has 2 atom stereocenters. The first-order valence-corrected chi connectivity index (χ1v) is 12.9. The number of carbonyl (C=O) groups is 3. The molecular weight excluding hydrogens is 476 g/mol. The molecule has 0 radical (unpaired) electrons. The molecule has 3 N–H and O–H groups in total. The van der Waals surface area contributed by atoms with E-state index in [1.165, 1.54) is 9.80 Å². The van der Waals surface area contributed by atoms with E-state index in [2.05, 4.69) is 4.72 Å². The van der Waals surface area contributed by atoms with Crippen LogP contribution in [0.5, 0.6) is 0 Å². The van der Waals surface area contributed by atoms with Gasteiger partial charge in [-0.2, -0.15) is 4.72 Å². The lowest BCUT2D eigenvalue weighted by atomic mass is 10.1. The summed E-state index contributed by atoms with van der Waals surface area (Å²) in [5, 5.41) is 1.26. The number of sulfonamides is 1. The van der Waals surface area contributed by atoms with Gasteiger partial charge in [0.2, 0.25) is 17.7 Å². The summed E-state index contributed by atoms with van der Waals surface area (Å²) in [6.45, 7) is 0.558. The molecule has 3 heterocycles. The Bertz CT molecular complexity index is 1180. The van der Waals surface area contributed by atoms with Crippen LogP contribution in [0.1, 0.15) is 25.7 Å². The minimum Gasteiger partial charge on any atom is -0.368 e. The van der Waals surface area contributed by atoms with Gasteiger partial charge < -0.3 is 15.5 Å². The topological polar surface area (TPSA) is 130 Å². The number of hydrogen-bond acceptors (Lipinski definition) is 6. The number of rotatable bonds is 6. The number of nitrogens with two attached hydrogens (primary N) is 1. The van der Waals surface area contributed by atoms with Crippen molar-refractivity contribution < 1.29 is 22.8 Å². The Kier molecular flexibility index (Phi) is 6.44. The molecule has 1 aromatic carbocycles. The van der Waals surface area contributed by atoms with E-state index in [0.717, 1.165) is 21.4 Å². The van der Waals surface area contributed by atoms with Crippen LogP contribution in [0.2, 0.25) is 5.02 Å². The van der Waals surface area contributed by atoms with Crippen LogP contribution in [0.4, 0.5) is 0 Å². The average molecular weight is 499 g/mol. The average Bonchev–Trinajstić information content (AvgIpc) is 3.38. The summed E-state index contributed by atoms with van der Waals surface area (Å²) in [5.41, 5.74) is 5.37. The first-order valence-electron chi connectivity index (χ1n) is 10.2. The van der Waals surface area contributed by atoms with Crippen LogP contribution < -0.4 is 10.5 Å². The third-order valence-corrected chi connectivity index (χ3v) is 9.06. The van der Waals surface area contributed by atoms with Crippen molar-refractivity contribution in [3.63, 3.8) is 0 Å². The number of primary amides is 1. The number of amides is 3. The molecule has 2 aliphatic heterocycles. The molecule has 2 saturated heterocycles. The highest BCUT2D eigenvalue weighted by Gasteiger charge is 2.37. The standard InChI is InChI=1S/C20H23ClN4O5S2/c21-13-6-5-12-9-18(31-16(12)10-13)32(29,30)23-14-3-1-7-24(20(14)28)11-17(26)25-8-2-4-15(25)19(22)27/h5-6,9-10,14-15,23H,1-4,7-8,11H2,(H2,22,27). The van der Waals surface area contributed by atoms with Crippen molar-refractivity contribution in [3.8, 4) is 0 Å². The molecule has 0 bridgehead atoms. The van der Waals surface area contributed by atoms with Crippen LogP contribution in [-0.2, 0) is 24.4 Å². The van der Waals surface area contributed by atoms with Gasteiger partial charge in [-0.1, -0.05) is 17.7 Å². The van der Waals surface area contributed by atoms with E-state index in [9.17, 15) is 22.8 Å². The molecule has 2 aromatic rings. The summed E-state index contributed by atoms with van der Waals surface area (Å²) in [5.74, 6) is -1.37. The van der Waals surface area contributed by atoms with Gasteiger partial charge in [-0.25, -0.2) is 8.42 Å². The summed E-state index contributed by atoms with van der Waals surface area (Å²) >= 11 is 7.06. The molecular formula is C20H23ClN4O5S2. The SMILES string of the molecule is NC(=O)C1CCCN1C(=O)CN1CCCC(NS(=O)(=O)c2cc3ccc(Cl)cc3s2)C1=O. The van der Waals surface area contributed by atoms with Crippen LogP contribution >= 0.6 is 22.9 Å². The van der Waals surface area contributed by atoms with E-state index >= 15 is 0 Å². The fourth-order valence-corrected chi connectivity index (χ4v) is 7.09. The highest BCUT2D eigenvalue weighted by molar-refractivity contribution is 7.91. The molecule has 2 unspecified atom stereocenters. The van der Waals surface area contributed by atoms with Crippen LogP contribution in [0.25, 0.3) is 10.1 Å². The Morgan fingerprint density at radius 1 is 1.19 bits per heavy atom. The second-order valence-electron chi connectivity index (χ2n) is 7.97. The minimum atomic E-state index is -3.93. The zero-order chi connectivity index (χ0) is 23.0.